The predicted octanol–water partition coefficient (Wildman–Crippen LogP) is 2.85. The highest BCUT2D eigenvalue weighted by Gasteiger charge is 2.08. The number of nitrogens with one attached hydrogen (secondary N) is 1. The van der Waals surface area contributed by atoms with Crippen LogP contribution in [0.3, 0.4) is 0 Å². The van der Waals surface area contributed by atoms with Crippen molar-refractivity contribution >= 4 is 5.82 Å². The Kier molecular flexibility index (Phi) is 3.27. The second-order valence-corrected chi connectivity index (χ2v) is 3.44. The third kappa shape index (κ3) is 2.55. The molecule has 0 aliphatic heterocycles. The average molecular weight is 235 g/mol. The summed E-state index contributed by atoms with van der Waals surface area (Å²) in [5.41, 5.74) is 0.611. The molecule has 0 radical (unpaired) electrons. The predicted molar refractivity (Wildman–Crippen MR) is 61.5 cm³/mol. The molecule has 17 heavy (non-hydrogen) atoms. The SMILES string of the molecule is CCNc1cncc(-c2ccc(F)cc2F)n1. The van der Waals surface area contributed by atoms with E-state index in [1.807, 2.05) is 6.92 Å². The van der Waals surface area contributed by atoms with Gasteiger partial charge in [-0.1, -0.05) is 0 Å². The van der Waals surface area contributed by atoms with Gasteiger partial charge >= 0.3 is 0 Å². The molecule has 5 heteroatoms. The van der Waals surface area contributed by atoms with Crippen molar-refractivity contribution in [1.82, 2.24) is 9.97 Å². The second-order valence-electron chi connectivity index (χ2n) is 3.44. The van der Waals surface area contributed by atoms with Gasteiger partial charge in [0.25, 0.3) is 0 Å². The number of hydrogen-bond donors (Lipinski definition) is 1. The van der Waals surface area contributed by atoms with Crippen LogP contribution in [0.15, 0.2) is 30.6 Å². The summed E-state index contributed by atoms with van der Waals surface area (Å²) >= 11 is 0. The molecule has 88 valence electrons. The number of aromatic nitrogens is 2. The van der Waals surface area contributed by atoms with E-state index in [0.717, 1.165) is 6.07 Å². The highest BCUT2D eigenvalue weighted by Crippen LogP contribution is 2.21. The summed E-state index contributed by atoms with van der Waals surface area (Å²) in [6.45, 7) is 2.62. The molecule has 1 N–H and O–H groups in total. The molecule has 1 heterocycles. The van der Waals surface area contributed by atoms with Gasteiger partial charge in [-0.3, -0.25) is 4.98 Å². The zero-order valence-electron chi connectivity index (χ0n) is 9.24. The fourth-order valence-electron chi connectivity index (χ4n) is 1.46. The molecule has 0 saturated heterocycles. The van der Waals surface area contributed by atoms with Gasteiger partial charge in [0.15, 0.2) is 0 Å². The number of hydrogen-bond acceptors (Lipinski definition) is 3. The van der Waals surface area contributed by atoms with Crippen molar-refractivity contribution < 1.29 is 8.78 Å². The molecule has 0 unspecified atom stereocenters. The molecule has 0 fully saturated rings. The lowest BCUT2D eigenvalue weighted by Gasteiger charge is -2.05. The van der Waals surface area contributed by atoms with Crippen molar-refractivity contribution in [2.24, 2.45) is 0 Å². The first-order chi connectivity index (χ1) is 8.20. The summed E-state index contributed by atoms with van der Waals surface area (Å²) in [5.74, 6) is -0.691. The van der Waals surface area contributed by atoms with Crippen LogP contribution in [-0.4, -0.2) is 16.5 Å². The summed E-state index contributed by atoms with van der Waals surface area (Å²) in [6, 6.07) is 3.38. The van der Waals surface area contributed by atoms with Crippen molar-refractivity contribution in [3.63, 3.8) is 0 Å². The maximum absolute atomic E-state index is 13.5. The first-order valence-electron chi connectivity index (χ1n) is 5.22. The lowest BCUT2D eigenvalue weighted by atomic mass is 10.1. The highest BCUT2D eigenvalue weighted by atomic mass is 19.1. The number of nitrogens with zero attached hydrogens (tertiary/aromatic N) is 2. The number of benzene rings is 1. The fraction of sp³-hybridized carbons (Fsp3) is 0.167. The quantitative estimate of drug-likeness (QED) is 0.888. The van der Waals surface area contributed by atoms with E-state index in [1.165, 1.54) is 18.3 Å². The molecule has 1 aromatic carbocycles. The van der Waals surface area contributed by atoms with Gasteiger partial charge in [-0.15, -0.1) is 0 Å². The molecule has 0 bridgehead atoms. The molecule has 3 nitrogen and oxygen atoms in total. The van der Waals surface area contributed by atoms with E-state index in [1.54, 1.807) is 6.20 Å². The van der Waals surface area contributed by atoms with Gasteiger partial charge in [-0.05, 0) is 19.1 Å². The second kappa shape index (κ2) is 4.86. The number of halogens is 2. The van der Waals surface area contributed by atoms with Crippen molar-refractivity contribution in [2.45, 2.75) is 6.92 Å². The van der Waals surface area contributed by atoms with E-state index in [0.29, 0.717) is 18.1 Å². The molecule has 2 aromatic rings. The maximum Gasteiger partial charge on any atom is 0.145 e. The van der Waals surface area contributed by atoms with E-state index >= 15 is 0 Å². The Labute approximate surface area is 97.5 Å². The minimum Gasteiger partial charge on any atom is -0.369 e. The Morgan fingerprint density at radius 1 is 1.24 bits per heavy atom. The van der Waals surface area contributed by atoms with Crippen LogP contribution in [0.5, 0.6) is 0 Å². The first kappa shape index (κ1) is 11.4. The summed E-state index contributed by atoms with van der Waals surface area (Å²) in [6.07, 6.45) is 2.99. The molecule has 0 aliphatic carbocycles. The minimum atomic E-state index is -0.645. The van der Waals surface area contributed by atoms with Gasteiger partial charge in [0.2, 0.25) is 0 Å². The van der Waals surface area contributed by atoms with Crippen molar-refractivity contribution in [2.75, 3.05) is 11.9 Å². The van der Waals surface area contributed by atoms with Crippen LogP contribution in [-0.2, 0) is 0 Å². The Morgan fingerprint density at radius 2 is 2.06 bits per heavy atom. The van der Waals surface area contributed by atoms with Crippen molar-refractivity contribution in [3.05, 3.63) is 42.2 Å². The van der Waals surface area contributed by atoms with Gasteiger partial charge in [-0.25, -0.2) is 13.8 Å². The van der Waals surface area contributed by atoms with E-state index in [9.17, 15) is 8.78 Å². The Balaban J connectivity index is 2.42. The standard InChI is InChI=1S/C12H11F2N3/c1-2-16-12-7-15-6-11(17-12)9-4-3-8(13)5-10(9)14/h3-7H,2H2,1H3,(H,16,17). The summed E-state index contributed by atoms with van der Waals surface area (Å²) < 4.78 is 26.3. The Bertz CT molecular complexity index is 529. The average Bonchev–Trinajstić information content (AvgIpc) is 2.29. The van der Waals surface area contributed by atoms with Crippen LogP contribution in [0.2, 0.25) is 0 Å². The van der Waals surface area contributed by atoms with Crippen LogP contribution in [0.1, 0.15) is 6.92 Å². The molecule has 2 rings (SSSR count). The van der Waals surface area contributed by atoms with E-state index < -0.39 is 11.6 Å². The lowest BCUT2D eigenvalue weighted by Crippen LogP contribution is -2.01. The minimum absolute atomic E-state index is 0.235. The molecule has 0 atom stereocenters. The van der Waals surface area contributed by atoms with Crippen molar-refractivity contribution in [3.8, 4) is 11.3 Å². The van der Waals surface area contributed by atoms with Gasteiger partial charge in [0, 0.05) is 18.2 Å². The first-order valence-corrected chi connectivity index (χ1v) is 5.22. The molecule has 0 aliphatic rings. The molecular weight excluding hydrogens is 224 g/mol. The zero-order valence-corrected chi connectivity index (χ0v) is 9.24. The smallest absolute Gasteiger partial charge is 0.145 e. The van der Waals surface area contributed by atoms with Gasteiger partial charge < -0.3 is 5.32 Å². The molecule has 0 amide bonds. The van der Waals surface area contributed by atoms with E-state index in [2.05, 4.69) is 15.3 Å². The van der Waals surface area contributed by atoms with E-state index in [-0.39, 0.29) is 5.56 Å². The Hall–Kier alpha value is -2.04. The molecule has 0 spiro atoms. The normalized spacial score (nSPS) is 10.3. The van der Waals surface area contributed by atoms with Crippen molar-refractivity contribution in [1.29, 1.82) is 0 Å². The monoisotopic (exact) mass is 235 g/mol. The molecular formula is C12H11F2N3. The Morgan fingerprint density at radius 3 is 2.76 bits per heavy atom. The van der Waals surface area contributed by atoms with E-state index in [4.69, 9.17) is 0 Å². The van der Waals surface area contributed by atoms with Crippen LogP contribution in [0.25, 0.3) is 11.3 Å². The lowest BCUT2D eigenvalue weighted by molar-refractivity contribution is 0.585. The third-order valence-electron chi connectivity index (χ3n) is 2.20. The maximum atomic E-state index is 13.5. The number of anilines is 1. The zero-order chi connectivity index (χ0) is 12.3. The third-order valence-corrected chi connectivity index (χ3v) is 2.20. The van der Waals surface area contributed by atoms with Crippen LogP contribution in [0.4, 0.5) is 14.6 Å². The molecule has 0 saturated carbocycles. The molecule has 1 aromatic heterocycles. The summed E-state index contributed by atoms with van der Waals surface area (Å²) in [4.78, 5) is 8.14. The van der Waals surface area contributed by atoms with Crippen LogP contribution >= 0.6 is 0 Å². The highest BCUT2D eigenvalue weighted by molar-refractivity contribution is 5.60. The van der Waals surface area contributed by atoms with Crippen LogP contribution in [0, 0.1) is 11.6 Å². The van der Waals surface area contributed by atoms with Gasteiger partial charge in [-0.2, -0.15) is 0 Å². The topological polar surface area (TPSA) is 37.8 Å². The van der Waals surface area contributed by atoms with Crippen LogP contribution < -0.4 is 5.32 Å². The summed E-state index contributed by atoms with van der Waals surface area (Å²) in [7, 11) is 0. The fourth-order valence-corrected chi connectivity index (χ4v) is 1.46. The van der Waals surface area contributed by atoms with Gasteiger partial charge in [0.05, 0.1) is 18.1 Å². The van der Waals surface area contributed by atoms with Gasteiger partial charge in [0.1, 0.15) is 17.5 Å². The number of rotatable bonds is 3. The largest absolute Gasteiger partial charge is 0.369 e. The summed E-state index contributed by atoms with van der Waals surface area (Å²) in [5, 5.41) is 2.98.